The van der Waals surface area contributed by atoms with Crippen LogP contribution in [-0.4, -0.2) is 23.1 Å². The van der Waals surface area contributed by atoms with E-state index in [0.717, 1.165) is 19.0 Å². The first-order valence-corrected chi connectivity index (χ1v) is 5.94. The lowest BCUT2D eigenvalue weighted by molar-refractivity contribution is 0.422. The van der Waals surface area contributed by atoms with Gasteiger partial charge in [-0.1, -0.05) is 19.3 Å². The van der Waals surface area contributed by atoms with Crippen LogP contribution >= 0.6 is 0 Å². The van der Waals surface area contributed by atoms with Gasteiger partial charge in [-0.15, -0.1) is 0 Å². The molecular weight excluding hydrogens is 221 g/mol. The number of rotatable bonds is 3. The highest BCUT2D eigenvalue weighted by molar-refractivity contribution is 5.43. The maximum atomic E-state index is 13.7. The molecule has 5 nitrogen and oxygen atoms in total. The van der Waals surface area contributed by atoms with Gasteiger partial charge in [-0.05, 0) is 12.8 Å². The number of halogens is 1. The monoisotopic (exact) mass is 239 g/mol. The van der Waals surface area contributed by atoms with E-state index in [2.05, 4.69) is 15.4 Å². The predicted molar refractivity (Wildman–Crippen MR) is 65.1 cm³/mol. The Morgan fingerprint density at radius 3 is 2.76 bits per heavy atom. The molecule has 3 N–H and O–H groups in total. The van der Waals surface area contributed by atoms with Crippen LogP contribution in [0.1, 0.15) is 32.1 Å². The Morgan fingerprint density at radius 1 is 1.41 bits per heavy atom. The number of nitrogens with zero attached hydrogens (tertiary/aromatic N) is 3. The van der Waals surface area contributed by atoms with Crippen molar-refractivity contribution in [1.29, 1.82) is 0 Å². The van der Waals surface area contributed by atoms with Crippen molar-refractivity contribution in [3.63, 3.8) is 0 Å². The summed E-state index contributed by atoms with van der Waals surface area (Å²) in [7, 11) is 1.88. The Labute approximate surface area is 100 Å². The van der Waals surface area contributed by atoms with E-state index in [9.17, 15) is 4.39 Å². The van der Waals surface area contributed by atoms with Crippen LogP contribution in [0.2, 0.25) is 0 Å². The highest BCUT2D eigenvalue weighted by Gasteiger charge is 2.22. The maximum Gasteiger partial charge on any atom is 0.239 e. The number of hydrazine groups is 1. The normalized spacial score (nSPS) is 16.9. The molecule has 94 valence electrons. The van der Waals surface area contributed by atoms with E-state index in [-0.39, 0.29) is 5.95 Å². The zero-order chi connectivity index (χ0) is 12.3. The fourth-order valence-corrected chi connectivity index (χ4v) is 2.32. The number of nitrogen functional groups attached to an aromatic ring is 1. The van der Waals surface area contributed by atoms with Crippen molar-refractivity contribution in [2.75, 3.05) is 17.4 Å². The summed E-state index contributed by atoms with van der Waals surface area (Å²) in [6.45, 7) is 0. The molecule has 1 fully saturated rings. The van der Waals surface area contributed by atoms with Gasteiger partial charge in [0.1, 0.15) is 0 Å². The number of aromatic nitrogens is 2. The number of hydrogen-bond donors (Lipinski definition) is 2. The molecule has 1 aromatic rings. The van der Waals surface area contributed by atoms with Crippen LogP contribution in [0.3, 0.4) is 0 Å². The fraction of sp³-hybridized carbons (Fsp3) is 0.636. The van der Waals surface area contributed by atoms with Gasteiger partial charge in [0.25, 0.3) is 0 Å². The standard InChI is InChI=1S/C11H18FN5/c1-17(8-5-3-2-4-6-8)10-9(12)7-14-11(15-10)16-13/h7-8H,2-6,13H2,1H3,(H,14,15,16). The molecule has 0 bridgehead atoms. The van der Waals surface area contributed by atoms with E-state index in [1.54, 1.807) is 0 Å². The van der Waals surface area contributed by atoms with Crippen molar-refractivity contribution in [3.05, 3.63) is 12.0 Å². The topological polar surface area (TPSA) is 67.1 Å². The first kappa shape index (κ1) is 12.0. The van der Waals surface area contributed by atoms with Crippen LogP contribution in [0.5, 0.6) is 0 Å². The first-order valence-electron chi connectivity index (χ1n) is 5.94. The third-order valence-corrected chi connectivity index (χ3v) is 3.31. The summed E-state index contributed by atoms with van der Waals surface area (Å²) in [5.74, 6) is 5.39. The molecule has 0 aromatic carbocycles. The van der Waals surface area contributed by atoms with Gasteiger partial charge < -0.3 is 4.90 Å². The maximum absolute atomic E-state index is 13.7. The summed E-state index contributed by atoms with van der Waals surface area (Å²) < 4.78 is 13.7. The minimum atomic E-state index is -0.405. The molecule has 1 saturated carbocycles. The highest BCUT2D eigenvalue weighted by Crippen LogP contribution is 2.26. The molecule has 6 heteroatoms. The molecule has 0 atom stereocenters. The molecule has 1 aliphatic rings. The molecule has 0 saturated heterocycles. The Morgan fingerprint density at radius 2 is 2.12 bits per heavy atom. The van der Waals surface area contributed by atoms with E-state index in [0.29, 0.717) is 11.9 Å². The van der Waals surface area contributed by atoms with E-state index in [1.807, 2.05) is 11.9 Å². The van der Waals surface area contributed by atoms with E-state index in [1.165, 1.54) is 19.3 Å². The van der Waals surface area contributed by atoms with Crippen LogP contribution in [0.25, 0.3) is 0 Å². The van der Waals surface area contributed by atoms with Crippen LogP contribution in [0.4, 0.5) is 16.2 Å². The van der Waals surface area contributed by atoms with E-state index >= 15 is 0 Å². The number of anilines is 2. The largest absolute Gasteiger partial charge is 0.354 e. The lowest BCUT2D eigenvalue weighted by Crippen LogP contribution is -2.34. The SMILES string of the molecule is CN(c1nc(NN)ncc1F)C1CCCCC1. The third kappa shape index (κ3) is 2.63. The second-order valence-corrected chi connectivity index (χ2v) is 4.41. The van der Waals surface area contributed by atoms with Gasteiger partial charge in [0.15, 0.2) is 11.6 Å². The van der Waals surface area contributed by atoms with Gasteiger partial charge in [0.05, 0.1) is 6.20 Å². The molecule has 0 radical (unpaired) electrons. The fourth-order valence-electron chi connectivity index (χ4n) is 2.32. The van der Waals surface area contributed by atoms with Crippen molar-refractivity contribution in [2.45, 2.75) is 38.1 Å². The molecule has 1 aliphatic carbocycles. The molecule has 17 heavy (non-hydrogen) atoms. The van der Waals surface area contributed by atoms with Gasteiger partial charge in [0, 0.05) is 13.1 Å². The van der Waals surface area contributed by atoms with Crippen LogP contribution in [-0.2, 0) is 0 Å². The van der Waals surface area contributed by atoms with Crippen molar-refractivity contribution in [2.24, 2.45) is 5.84 Å². The zero-order valence-electron chi connectivity index (χ0n) is 9.99. The lowest BCUT2D eigenvalue weighted by atomic mass is 9.94. The lowest BCUT2D eigenvalue weighted by Gasteiger charge is -2.32. The van der Waals surface area contributed by atoms with Crippen LogP contribution in [0.15, 0.2) is 6.20 Å². The molecule has 2 rings (SSSR count). The Balaban J connectivity index is 2.19. The quantitative estimate of drug-likeness (QED) is 0.620. The summed E-state index contributed by atoms with van der Waals surface area (Å²) in [4.78, 5) is 9.71. The summed E-state index contributed by atoms with van der Waals surface area (Å²) in [5.41, 5.74) is 2.34. The molecule has 0 spiro atoms. The molecule has 1 aromatic heterocycles. The van der Waals surface area contributed by atoms with Crippen LogP contribution < -0.4 is 16.2 Å². The Kier molecular flexibility index (Phi) is 3.73. The van der Waals surface area contributed by atoms with E-state index < -0.39 is 5.82 Å². The van der Waals surface area contributed by atoms with Gasteiger partial charge in [-0.25, -0.2) is 15.2 Å². The Hall–Kier alpha value is -1.43. The minimum Gasteiger partial charge on any atom is -0.354 e. The van der Waals surface area contributed by atoms with Crippen molar-refractivity contribution in [3.8, 4) is 0 Å². The van der Waals surface area contributed by atoms with E-state index in [4.69, 9.17) is 5.84 Å². The second kappa shape index (κ2) is 5.27. The summed E-state index contributed by atoms with van der Waals surface area (Å²) in [6.07, 6.45) is 6.99. The smallest absolute Gasteiger partial charge is 0.239 e. The average Bonchev–Trinajstić information content (AvgIpc) is 2.39. The zero-order valence-corrected chi connectivity index (χ0v) is 9.99. The second-order valence-electron chi connectivity index (χ2n) is 4.41. The molecule has 1 heterocycles. The third-order valence-electron chi connectivity index (χ3n) is 3.31. The van der Waals surface area contributed by atoms with Crippen molar-refractivity contribution >= 4 is 11.8 Å². The minimum absolute atomic E-state index is 0.240. The van der Waals surface area contributed by atoms with Crippen molar-refractivity contribution < 1.29 is 4.39 Å². The van der Waals surface area contributed by atoms with Crippen molar-refractivity contribution in [1.82, 2.24) is 9.97 Å². The van der Waals surface area contributed by atoms with Gasteiger partial charge in [0.2, 0.25) is 5.95 Å². The predicted octanol–water partition coefficient (Wildman–Crippen LogP) is 1.67. The van der Waals surface area contributed by atoms with Crippen LogP contribution in [0, 0.1) is 5.82 Å². The molecular formula is C11H18FN5. The molecule has 0 amide bonds. The number of nitrogens with two attached hydrogens (primary N) is 1. The average molecular weight is 239 g/mol. The number of nitrogens with one attached hydrogen (secondary N) is 1. The Bertz CT molecular complexity index is 378. The summed E-state index contributed by atoms with van der Waals surface area (Å²) in [5, 5.41) is 0. The summed E-state index contributed by atoms with van der Waals surface area (Å²) >= 11 is 0. The molecule has 0 aliphatic heterocycles. The highest BCUT2D eigenvalue weighted by atomic mass is 19.1. The van der Waals surface area contributed by atoms with Gasteiger partial charge >= 0.3 is 0 Å². The first-order chi connectivity index (χ1) is 8.22. The number of hydrogen-bond acceptors (Lipinski definition) is 5. The summed E-state index contributed by atoms with van der Waals surface area (Å²) in [6, 6.07) is 0.360. The van der Waals surface area contributed by atoms with Gasteiger partial charge in [-0.2, -0.15) is 4.98 Å². The van der Waals surface area contributed by atoms with Gasteiger partial charge in [-0.3, -0.25) is 5.43 Å². The molecule has 0 unspecified atom stereocenters.